The van der Waals surface area contributed by atoms with E-state index in [9.17, 15) is 0 Å². The molecule has 24 heavy (non-hydrogen) atoms. The van der Waals surface area contributed by atoms with Crippen molar-refractivity contribution < 1.29 is 0 Å². The molecular weight excluding hydrogens is 367 g/mol. The highest BCUT2D eigenvalue weighted by atomic mass is 35.5. The lowest BCUT2D eigenvalue weighted by Crippen LogP contribution is -1.97. The number of halogens is 2. The predicted molar refractivity (Wildman–Crippen MR) is 96.4 cm³/mol. The second-order valence-electron chi connectivity index (χ2n) is 5.04. The van der Waals surface area contributed by atoms with Crippen LogP contribution in [0.4, 0.5) is 11.8 Å². The maximum Gasteiger partial charge on any atom is 0.249 e. The molecule has 0 bridgehead atoms. The first-order valence-corrected chi connectivity index (χ1v) is 8.59. The number of hydrogen-bond acceptors (Lipinski definition) is 6. The molecular formula is C15H10Cl2N6S. The van der Waals surface area contributed by atoms with Crippen LogP contribution in [-0.4, -0.2) is 24.6 Å². The Balaban J connectivity index is 1.75. The van der Waals surface area contributed by atoms with Gasteiger partial charge >= 0.3 is 0 Å². The summed E-state index contributed by atoms with van der Waals surface area (Å²) < 4.78 is 1.73. The summed E-state index contributed by atoms with van der Waals surface area (Å²) in [5.41, 5.74) is 2.51. The van der Waals surface area contributed by atoms with Crippen LogP contribution in [0.3, 0.4) is 0 Å². The number of nitrogens with one attached hydrogen (secondary N) is 1. The summed E-state index contributed by atoms with van der Waals surface area (Å²) in [5.74, 6) is 1.10. The lowest BCUT2D eigenvalue weighted by atomic mass is 10.2. The van der Waals surface area contributed by atoms with Crippen LogP contribution in [0.5, 0.6) is 0 Å². The normalized spacial score (nSPS) is 11.1. The molecule has 4 aromatic rings. The van der Waals surface area contributed by atoms with Gasteiger partial charge in [-0.15, -0.1) is 16.4 Å². The van der Waals surface area contributed by atoms with E-state index < -0.39 is 0 Å². The number of benzene rings is 1. The first kappa shape index (κ1) is 15.3. The van der Waals surface area contributed by atoms with Gasteiger partial charge in [-0.1, -0.05) is 23.2 Å². The van der Waals surface area contributed by atoms with Crippen molar-refractivity contribution in [2.75, 3.05) is 5.32 Å². The van der Waals surface area contributed by atoms with E-state index in [4.69, 9.17) is 23.2 Å². The summed E-state index contributed by atoms with van der Waals surface area (Å²) in [4.78, 5) is 13.4. The van der Waals surface area contributed by atoms with Crippen molar-refractivity contribution in [3.05, 3.63) is 51.7 Å². The summed E-state index contributed by atoms with van der Waals surface area (Å²) in [6, 6.07) is 7.16. The summed E-state index contributed by atoms with van der Waals surface area (Å²) in [7, 11) is 0. The van der Waals surface area contributed by atoms with Crippen LogP contribution in [0.1, 0.15) is 5.69 Å². The summed E-state index contributed by atoms with van der Waals surface area (Å²) in [6.45, 7) is 1.89. The molecule has 120 valence electrons. The number of aromatic nitrogens is 5. The Morgan fingerprint density at radius 1 is 1.17 bits per heavy atom. The first-order valence-electron chi connectivity index (χ1n) is 6.95. The highest BCUT2D eigenvalue weighted by Gasteiger charge is 2.14. The van der Waals surface area contributed by atoms with Gasteiger partial charge in [0.2, 0.25) is 10.9 Å². The molecule has 0 aliphatic rings. The molecule has 0 amide bonds. The van der Waals surface area contributed by atoms with Gasteiger partial charge in [0.05, 0.1) is 10.7 Å². The zero-order valence-corrected chi connectivity index (χ0v) is 14.7. The number of anilines is 2. The van der Waals surface area contributed by atoms with Crippen LogP contribution in [0, 0.1) is 6.92 Å². The fourth-order valence-electron chi connectivity index (χ4n) is 2.25. The van der Waals surface area contributed by atoms with Gasteiger partial charge in [0.15, 0.2) is 0 Å². The van der Waals surface area contributed by atoms with Crippen molar-refractivity contribution >= 4 is 51.3 Å². The zero-order chi connectivity index (χ0) is 16.7. The van der Waals surface area contributed by atoms with Crippen molar-refractivity contribution in [2.45, 2.75) is 6.92 Å². The van der Waals surface area contributed by atoms with Gasteiger partial charge in [-0.25, -0.2) is 14.5 Å². The minimum Gasteiger partial charge on any atom is -0.307 e. The average Bonchev–Trinajstić information content (AvgIpc) is 3.10. The van der Waals surface area contributed by atoms with E-state index in [1.54, 1.807) is 16.6 Å². The smallest absolute Gasteiger partial charge is 0.249 e. The van der Waals surface area contributed by atoms with Crippen molar-refractivity contribution in [1.82, 2.24) is 24.6 Å². The van der Waals surface area contributed by atoms with E-state index in [2.05, 4.69) is 25.4 Å². The summed E-state index contributed by atoms with van der Waals surface area (Å²) in [5, 5.41) is 10.7. The van der Waals surface area contributed by atoms with E-state index in [-0.39, 0.29) is 0 Å². The van der Waals surface area contributed by atoms with Crippen molar-refractivity contribution in [1.29, 1.82) is 0 Å². The molecule has 6 nitrogen and oxygen atoms in total. The van der Waals surface area contributed by atoms with E-state index in [0.29, 0.717) is 21.8 Å². The van der Waals surface area contributed by atoms with Crippen molar-refractivity contribution in [2.24, 2.45) is 0 Å². The highest BCUT2D eigenvalue weighted by Crippen LogP contribution is 2.33. The van der Waals surface area contributed by atoms with E-state index in [0.717, 1.165) is 21.9 Å². The summed E-state index contributed by atoms with van der Waals surface area (Å²) in [6.07, 6.45) is 1.49. The van der Waals surface area contributed by atoms with E-state index in [1.165, 1.54) is 17.7 Å². The Hall–Kier alpha value is -2.22. The lowest BCUT2D eigenvalue weighted by molar-refractivity contribution is 0.985. The van der Waals surface area contributed by atoms with Gasteiger partial charge in [-0.3, -0.25) is 0 Å². The van der Waals surface area contributed by atoms with E-state index >= 15 is 0 Å². The van der Waals surface area contributed by atoms with Gasteiger partial charge < -0.3 is 5.32 Å². The Bertz CT molecular complexity index is 1040. The fraction of sp³-hybridized carbons (Fsp3) is 0.0667. The standard InChI is InChI=1S/C15H10Cl2N6S/c1-8-4-13(19-7-18-8)20-14-21-15-23(22-14)12(6-24-15)10-5-9(16)2-3-11(10)17/h2-7H,1H3,(H,18,19,20,22). The Labute approximate surface area is 151 Å². The largest absolute Gasteiger partial charge is 0.307 e. The SMILES string of the molecule is Cc1cc(Nc2nc3scc(-c4cc(Cl)ccc4Cl)n3n2)ncn1. The molecule has 0 unspecified atom stereocenters. The topological polar surface area (TPSA) is 68.0 Å². The van der Waals surface area contributed by atoms with Gasteiger partial charge in [0.1, 0.15) is 12.1 Å². The third-order valence-corrected chi connectivity index (χ3v) is 4.71. The van der Waals surface area contributed by atoms with Crippen LogP contribution in [0.25, 0.3) is 16.2 Å². The Kier molecular flexibility index (Phi) is 3.84. The lowest BCUT2D eigenvalue weighted by Gasteiger charge is -2.03. The highest BCUT2D eigenvalue weighted by molar-refractivity contribution is 7.15. The molecule has 3 aromatic heterocycles. The minimum atomic E-state index is 0.458. The quantitative estimate of drug-likeness (QED) is 0.565. The zero-order valence-electron chi connectivity index (χ0n) is 12.4. The molecule has 0 aliphatic carbocycles. The van der Waals surface area contributed by atoms with Crippen LogP contribution in [0.2, 0.25) is 10.0 Å². The molecule has 0 saturated heterocycles. The van der Waals surface area contributed by atoms with Crippen LogP contribution < -0.4 is 5.32 Å². The second kappa shape index (κ2) is 6.01. The molecule has 1 aromatic carbocycles. The number of nitrogens with zero attached hydrogens (tertiary/aromatic N) is 5. The van der Waals surface area contributed by atoms with Crippen molar-refractivity contribution in [3.63, 3.8) is 0 Å². The summed E-state index contributed by atoms with van der Waals surface area (Å²) >= 11 is 13.9. The maximum absolute atomic E-state index is 6.29. The van der Waals surface area contributed by atoms with Gasteiger partial charge in [-0.05, 0) is 25.1 Å². The number of hydrogen-bond donors (Lipinski definition) is 1. The Morgan fingerprint density at radius 3 is 2.88 bits per heavy atom. The third-order valence-electron chi connectivity index (χ3n) is 3.33. The molecule has 9 heteroatoms. The Morgan fingerprint density at radius 2 is 2.04 bits per heavy atom. The number of aryl methyl sites for hydroxylation is 1. The van der Waals surface area contributed by atoms with Gasteiger partial charge in [-0.2, -0.15) is 4.98 Å². The monoisotopic (exact) mass is 376 g/mol. The van der Waals surface area contributed by atoms with E-state index in [1.807, 2.05) is 24.4 Å². The number of fused-ring (bicyclic) bond motifs is 1. The maximum atomic E-state index is 6.29. The first-order chi connectivity index (χ1) is 11.6. The third kappa shape index (κ3) is 2.82. The van der Waals surface area contributed by atoms with Gasteiger partial charge in [0, 0.05) is 27.7 Å². The molecule has 0 fully saturated rings. The average molecular weight is 377 g/mol. The molecule has 4 rings (SSSR count). The molecule has 0 atom stereocenters. The molecule has 0 aliphatic heterocycles. The number of rotatable bonds is 3. The minimum absolute atomic E-state index is 0.458. The molecule has 3 heterocycles. The van der Waals surface area contributed by atoms with Crippen LogP contribution in [-0.2, 0) is 0 Å². The van der Waals surface area contributed by atoms with Crippen LogP contribution in [0.15, 0.2) is 36.0 Å². The fourth-order valence-corrected chi connectivity index (χ4v) is 3.46. The molecule has 1 N–H and O–H groups in total. The van der Waals surface area contributed by atoms with Gasteiger partial charge in [0.25, 0.3) is 0 Å². The second-order valence-corrected chi connectivity index (χ2v) is 6.72. The molecule has 0 radical (unpaired) electrons. The molecule has 0 spiro atoms. The number of thiazole rings is 1. The van der Waals surface area contributed by atoms with Crippen molar-refractivity contribution in [3.8, 4) is 11.3 Å². The molecule has 0 saturated carbocycles. The van der Waals surface area contributed by atoms with Crippen LogP contribution >= 0.6 is 34.5 Å². The predicted octanol–water partition coefficient (Wildman–Crippen LogP) is 4.61.